The molecule has 78 valence electrons. The van der Waals surface area contributed by atoms with Crippen LogP contribution in [0.15, 0.2) is 0 Å². The summed E-state index contributed by atoms with van der Waals surface area (Å²) in [5.41, 5.74) is -1.93. The summed E-state index contributed by atoms with van der Waals surface area (Å²) < 4.78 is 4.68. The number of rotatable bonds is 1. The average Bonchev–Trinajstić information content (AvgIpc) is 2.09. The molecule has 5 atom stereocenters. The fourth-order valence-electron chi connectivity index (χ4n) is 1.23. The monoisotopic (exact) mass is 194 g/mol. The first-order valence-corrected chi connectivity index (χ1v) is 3.94. The quantitative estimate of drug-likeness (QED) is 0.308. The molecule has 0 spiro atoms. The largest absolute Gasteiger partial charge is 0.394 e. The van der Waals surface area contributed by atoms with Gasteiger partial charge in [-0.1, -0.05) is 0 Å². The van der Waals surface area contributed by atoms with Crippen molar-refractivity contribution in [3.05, 3.63) is 0 Å². The average molecular weight is 194 g/mol. The van der Waals surface area contributed by atoms with Crippen molar-refractivity contribution in [2.75, 3.05) is 6.61 Å². The van der Waals surface area contributed by atoms with E-state index in [0.29, 0.717) is 0 Å². The Bertz CT molecular complexity index is 182. The summed E-state index contributed by atoms with van der Waals surface area (Å²) in [6.45, 7) is 0.602. The molecule has 1 fully saturated rings. The molecule has 0 radical (unpaired) electrons. The highest BCUT2D eigenvalue weighted by molar-refractivity contribution is 4.96. The molecule has 6 heteroatoms. The summed E-state index contributed by atoms with van der Waals surface area (Å²) >= 11 is 0. The lowest BCUT2D eigenvalue weighted by atomic mass is 9.88. The van der Waals surface area contributed by atoms with E-state index < -0.39 is 36.8 Å². The van der Waals surface area contributed by atoms with E-state index in [2.05, 4.69) is 4.74 Å². The van der Waals surface area contributed by atoms with Crippen LogP contribution in [0.4, 0.5) is 0 Å². The molecule has 0 aromatic heterocycles. The van der Waals surface area contributed by atoms with Gasteiger partial charge in [0.15, 0.2) is 6.29 Å². The Morgan fingerprint density at radius 1 is 1.31 bits per heavy atom. The van der Waals surface area contributed by atoms with Crippen LogP contribution in [-0.2, 0) is 4.74 Å². The van der Waals surface area contributed by atoms with Gasteiger partial charge >= 0.3 is 0 Å². The third-order valence-corrected chi connectivity index (χ3v) is 2.29. The van der Waals surface area contributed by atoms with Gasteiger partial charge in [0.1, 0.15) is 23.9 Å². The van der Waals surface area contributed by atoms with Crippen LogP contribution in [0.25, 0.3) is 0 Å². The van der Waals surface area contributed by atoms with Crippen molar-refractivity contribution in [1.82, 2.24) is 0 Å². The molecule has 0 amide bonds. The first-order chi connectivity index (χ1) is 5.91. The molecule has 0 aromatic rings. The predicted octanol–water partition coefficient (Wildman–Crippen LogP) is -2.83. The van der Waals surface area contributed by atoms with E-state index in [9.17, 15) is 20.4 Å². The third kappa shape index (κ3) is 1.69. The Hall–Kier alpha value is -0.240. The van der Waals surface area contributed by atoms with Gasteiger partial charge in [-0.15, -0.1) is 0 Å². The summed E-state index contributed by atoms with van der Waals surface area (Å²) in [5.74, 6) is 0. The zero-order valence-corrected chi connectivity index (χ0v) is 7.16. The first kappa shape index (κ1) is 10.8. The smallest absolute Gasteiger partial charge is 0.186 e. The fourth-order valence-corrected chi connectivity index (χ4v) is 1.23. The van der Waals surface area contributed by atoms with Crippen LogP contribution in [-0.4, -0.2) is 62.3 Å². The second-order valence-corrected chi connectivity index (χ2v) is 3.37. The maximum atomic E-state index is 9.43. The molecule has 1 heterocycles. The number of hydrogen-bond acceptors (Lipinski definition) is 6. The lowest BCUT2D eigenvalue weighted by molar-refractivity contribution is -0.323. The van der Waals surface area contributed by atoms with E-state index in [4.69, 9.17) is 5.11 Å². The number of aliphatic hydroxyl groups excluding tert-OH is 4. The standard InChI is InChI=1S/C7H14O6/c1-7(12)5(10)4(9)3(2-8)13-6(7)11/h3-6,8-12H,2H2,1H3/t3?,4-,5-,6-,7?/m1/s1. The van der Waals surface area contributed by atoms with Crippen LogP contribution in [0.1, 0.15) is 6.92 Å². The highest BCUT2D eigenvalue weighted by Crippen LogP contribution is 2.27. The molecule has 0 aliphatic carbocycles. The minimum absolute atomic E-state index is 0.536. The van der Waals surface area contributed by atoms with Gasteiger partial charge < -0.3 is 30.3 Å². The summed E-state index contributed by atoms with van der Waals surface area (Å²) in [7, 11) is 0. The molecule has 1 aliphatic rings. The van der Waals surface area contributed by atoms with Crippen LogP contribution in [0.2, 0.25) is 0 Å². The summed E-state index contributed by atoms with van der Waals surface area (Å²) in [5, 5.41) is 45.9. The molecule has 0 aromatic carbocycles. The summed E-state index contributed by atoms with van der Waals surface area (Å²) in [4.78, 5) is 0. The van der Waals surface area contributed by atoms with E-state index in [1.807, 2.05) is 0 Å². The lowest BCUT2D eigenvalue weighted by Crippen LogP contribution is -2.65. The number of hydrogen-bond donors (Lipinski definition) is 5. The fraction of sp³-hybridized carbons (Fsp3) is 1.00. The van der Waals surface area contributed by atoms with Crippen LogP contribution in [0.5, 0.6) is 0 Å². The SMILES string of the molecule is CC1(O)[C@H](O)OC(CO)[C@@H](O)[C@H]1O. The van der Waals surface area contributed by atoms with Gasteiger partial charge in [0.05, 0.1) is 6.61 Å². The minimum atomic E-state index is -1.93. The molecule has 6 nitrogen and oxygen atoms in total. The zero-order chi connectivity index (χ0) is 10.2. The zero-order valence-electron chi connectivity index (χ0n) is 7.16. The molecular formula is C7H14O6. The van der Waals surface area contributed by atoms with E-state index >= 15 is 0 Å². The Labute approximate surface area is 75.0 Å². The predicted molar refractivity (Wildman–Crippen MR) is 40.6 cm³/mol. The van der Waals surface area contributed by atoms with Crippen molar-refractivity contribution in [1.29, 1.82) is 0 Å². The van der Waals surface area contributed by atoms with Crippen LogP contribution in [0, 0.1) is 0 Å². The topological polar surface area (TPSA) is 110 Å². The van der Waals surface area contributed by atoms with Gasteiger partial charge in [-0.25, -0.2) is 0 Å². The van der Waals surface area contributed by atoms with Crippen molar-refractivity contribution in [3.8, 4) is 0 Å². The van der Waals surface area contributed by atoms with E-state index in [1.54, 1.807) is 0 Å². The highest BCUT2D eigenvalue weighted by Gasteiger charge is 2.50. The second kappa shape index (κ2) is 3.49. The van der Waals surface area contributed by atoms with Gasteiger partial charge in [-0.2, -0.15) is 0 Å². The third-order valence-electron chi connectivity index (χ3n) is 2.29. The highest BCUT2D eigenvalue weighted by atomic mass is 16.6. The number of aliphatic hydroxyl groups is 5. The maximum absolute atomic E-state index is 9.43. The van der Waals surface area contributed by atoms with Gasteiger partial charge in [0.2, 0.25) is 0 Å². The lowest BCUT2D eigenvalue weighted by Gasteiger charge is -2.43. The number of ether oxygens (including phenoxy) is 1. The van der Waals surface area contributed by atoms with Crippen molar-refractivity contribution >= 4 is 0 Å². The molecule has 1 rings (SSSR count). The molecule has 0 saturated carbocycles. The molecule has 1 saturated heterocycles. The second-order valence-electron chi connectivity index (χ2n) is 3.37. The van der Waals surface area contributed by atoms with Crippen molar-refractivity contribution in [2.45, 2.75) is 37.1 Å². The van der Waals surface area contributed by atoms with E-state index in [-0.39, 0.29) is 0 Å². The first-order valence-electron chi connectivity index (χ1n) is 3.94. The molecule has 5 N–H and O–H groups in total. The molecule has 0 bridgehead atoms. The molecule has 1 aliphatic heterocycles. The van der Waals surface area contributed by atoms with Crippen LogP contribution < -0.4 is 0 Å². The normalized spacial score (nSPS) is 52.2. The maximum Gasteiger partial charge on any atom is 0.186 e. The Morgan fingerprint density at radius 3 is 2.31 bits per heavy atom. The van der Waals surface area contributed by atoms with Gasteiger partial charge in [0.25, 0.3) is 0 Å². The van der Waals surface area contributed by atoms with E-state index in [0.717, 1.165) is 6.92 Å². The minimum Gasteiger partial charge on any atom is -0.394 e. The summed E-state index contributed by atoms with van der Waals surface area (Å²) in [6.07, 6.45) is -5.66. The molecular weight excluding hydrogens is 180 g/mol. The van der Waals surface area contributed by atoms with Gasteiger partial charge in [-0.3, -0.25) is 0 Å². The summed E-state index contributed by atoms with van der Waals surface area (Å²) in [6, 6.07) is 0. The van der Waals surface area contributed by atoms with Gasteiger partial charge in [0, 0.05) is 0 Å². The van der Waals surface area contributed by atoms with Crippen molar-refractivity contribution < 1.29 is 30.3 Å². The van der Waals surface area contributed by atoms with Crippen LogP contribution in [0.3, 0.4) is 0 Å². The molecule has 13 heavy (non-hydrogen) atoms. The molecule has 2 unspecified atom stereocenters. The van der Waals surface area contributed by atoms with Crippen LogP contribution >= 0.6 is 0 Å². The Morgan fingerprint density at radius 2 is 1.85 bits per heavy atom. The Kier molecular flexibility index (Phi) is 2.91. The van der Waals surface area contributed by atoms with Crippen molar-refractivity contribution in [2.24, 2.45) is 0 Å². The van der Waals surface area contributed by atoms with Gasteiger partial charge in [-0.05, 0) is 6.92 Å². The van der Waals surface area contributed by atoms with E-state index in [1.165, 1.54) is 0 Å². The van der Waals surface area contributed by atoms with Crippen molar-refractivity contribution in [3.63, 3.8) is 0 Å². The Balaban J connectivity index is 2.79.